The highest BCUT2D eigenvalue weighted by molar-refractivity contribution is 7.99. The summed E-state index contributed by atoms with van der Waals surface area (Å²) in [5, 5.41) is 4.33. The van der Waals surface area contributed by atoms with Crippen LogP contribution in [0.4, 0.5) is 5.82 Å². The minimum absolute atomic E-state index is 0.535. The number of nitrogens with one attached hydrogen (secondary N) is 1. The smallest absolute Gasteiger partial charge is 0.221 e. The van der Waals surface area contributed by atoms with Gasteiger partial charge in [0.05, 0.1) is 12.7 Å². The third-order valence-electron chi connectivity index (χ3n) is 3.36. The van der Waals surface area contributed by atoms with Gasteiger partial charge in [0.15, 0.2) is 0 Å². The molecule has 1 aromatic heterocycles. The number of hydrogen-bond donors (Lipinski definition) is 1. The van der Waals surface area contributed by atoms with Crippen molar-refractivity contribution in [2.24, 2.45) is 0 Å². The van der Waals surface area contributed by atoms with Gasteiger partial charge in [-0.15, -0.1) is 0 Å². The largest absolute Gasteiger partial charge is 0.481 e. The molecule has 0 amide bonds. The topological polar surface area (TPSA) is 47.0 Å². The molecule has 2 rings (SSSR count). The summed E-state index contributed by atoms with van der Waals surface area (Å²) < 4.78 is 5.21. The van der Waals surface area contributed by atoms with Crippen LogP contribution in [0.5, 0.6) is 5.88 Å². The van der Waals surface area contributed by atoms with Crippen LogP contribution in [0.2, 0.25) is 0 Å². The highest BCUT2D eigenvalue weighted by atomic mass is 32.2. The summed E-state index contributed by atoms with van der Waals surface area (Å²) >= 11 is 2.07. The molecule has 0 saturated heterocycles. The molecule has 2 unspecified atom stereocenters. The van der Waals surface area contributed by atoms with E-state index in [0.717, 1.165) is 16.6 Å². The first-order chi connectivity index (χ1) is 8.74. The summed E-state index contributed by atoms with van der Waals surface area (Å²) in [4.78, 5) is 8.41. The van der Waals surface area contributed by atoms with Gasteiger partial charge in [0, 0.05) is 11.3 Å². The fourth-order valence-electron chi connectivity index (χ4n) is 2.44. The van der Waals surface area contributed by atoms with Crippen molar-refractivity contribution in [3.05, 3.63) is 11.9 Å². The molecule has 4 nitrogen and oxygen atoms in total. The van der Waals surface area contributed by atoms with Gasteiger partial charge in [0.1, 0.15) is 12.1 Å². The van der Waals surface area contributed by atoms with Gasteiger partial charge in [-0.3, -0.25) is 0 Å². The van der Waals surface area contributed by atoms with E-state index in [4.69, 9.17) is 4.74 Å². The van der Waals surface area contributed by atoms with E-state index < -0.39 is 0 Å². The van der Waals surface area contributed by atoms with Crippen LogP contribution in [0.25, 0.3) is 0 Å². The lowest BCUT2D eigenvalue weighted by atomic mass is 10.2. The number of thioether (sulfide) groups is 1. The molecule has 1 saturated carbocycles. The zero-order valence-electron chi connectivity index (χ0n) is 11.3. The van der Waals surface area contributed by atoms with Gasteiger partial charge < -0.3 is 10.1 Å². The summed E-state index contributed by atoms with van der Waals surface area (Å²) in [6.45, 7) is 4.22. The molecule has 2 atom stereocenters. The molecule has 1 aliphatic rings. The van der Waals surface area contributed by atoms with Crippen LogP contribution < -0.4 is 10.1 Å². The van der Waals surface area contributed by atoms with Crippen molar-refractivity contribution in [1.82, 2.24) is 9.97 Å². The third kappa shape index (κ3) is 3.07. The van der Waals surface area contributed by atoms with E-state index in [1.165, 1.54) is 25.0 Å². The summed E-state index contributed by atoms with van der Waals surface area (Å²) in [6.07, 6.45) is 5.31. The van der Waals surface area contributed by atoms with Gasteiger partial charge in [-0.2, -0.15) is 11.8 Å². The van der Waals surface area contributed by atoms with Crippen LogP contribution in [0.3, 0.4) is 0 Å². The van der Waals surface area contributed by atoms with E-state index in [2.05, 4.69) is 34.0 Å². The maximum atomic E-state index is 5.21. The Labute approximate surface area is 113 Å². The molecule has 1 N–H and O–H groups in total. The second kappa shape index (κ2) is 6.27. The average molecular weight is 267 g/mol. The molecular weight excluding hydrogens is 246 g/mol. The molecule has 1 aliphatic carbocycles. The lowest BCUT2D eigenvalue weighted by Gasteiger charge is -2.16. The Hall–Kier alpha value is -0.970. The van der Waals surface area contributed by atoms with E-state index in [0.29, 0.717) is 11.9 Å². The van der Waals surface area contributed by atoms with Crippen molar-refractivity contribution in [3.63, 3.8) is 0 Å². The number of rotatable bonds is 5. The number of nitrogens with zero attached hydrogens (tertiary/aromatic N) is 2. The van der Waals surface area contributed by atoms with Crippen LogP contribution in [-0.2, 0) is 0 Å². The van der Waals surface area contributed by atoms with Gasteiger partial charge in [-0.25, -0.2) is 9.97 Å². The number of methoxy groups -OCH3 is 1. The Kier molecular flexibility index (Phi) is 4.69. The van der Waals surface area contributed by atoms with Crippen molar-refractivity contribution in [2.75, 3.05) is 18.2 Å². The van der Waals surface area contributed by atoms with Crippen molar-refractivity contribution >= 4 is 17.6 Å². The minimum Gasteiger partial charge on any atom is -0.481 e. The molecule has 1 fully saturated rings. The van der Waals surface area contributed by atoms with Gasteiger partial charge in [0.25, 0.3) is 0 Å². The fraction of sp³-hybridized carbons (Fsp3) is 0.692. The summed E-state index contributed by atoms with van der Waals surface area (Å²) in [5.41, 5.74) is 0.992. The van der Waals surface area contributed by atoms with Gasteiger partial charge in [0.2, 0.25) is 5.88 Å². The van der Waals surface area contributed by atoms with E-state index >= 15 is 0 Å². The molecule has 18 heavy (non-hydrogen) atoms. The Balaban J connectivity index is 1.98. The van der Waals surface area contributed by atoms with Crippen LogP contribution >= 0.6 is 11.8 Å². The molecule has 1 aromatic rings. The maximum absolute atomic E-state index is 5.21. The Morgan fingerprint density at radius 3 is 3.00 bits per heavy atom. The van der Waals surface area contributed by atoms with Gasteiger partial charge >= 0.3 is 0 Å². The van der Waals surface area contributed by atoms with Crippen molar-refractivity contribution in [2.45, 2.75) is 44.4 Å². The summed E-state index contributed by atoms with van der Waals surface area (Å²) in [7, 11) is 1.64. The van der Waals surface area contributed by atoms with Crippen LogP contribution in [0.1, 0.15) is 31.7 Å². The first-order valence-corrected chi connectivity index (χ1v) is 7.53. The molecule has 0 bridgehead atoms. The molecule has 5 heteroatoms. The molecule has 0 aliphatic heterocycles. The van der Waals surface area contributed by atoms with E-state index in [1.54, 1.807) is 13.4 Å². The predicted octanol–water partition coefficient (Wildman–Crippen LogP) is 2.88. The van der Waals surface area contributed by atoms with Crippen LogP contribution in [-0.4, -0.2) is 34.1 Å². The molecular formula is C13H21N3OS. The Bertz CT molecular complexity index is 400. The fourth-order valence-corrected chi connectivity index (χ4v) is 3.58. The third-order valence-corrected chi connectivity index (χ3v) is 4.59. The van der Waals surface area contributed by atoms with Crippen LogP contribution in [0.15, 0.2) is 6.33 Å². The molecule has 0 radical (unpaired) electrons. The zero-order valence-corrected chi connectivity index (χ0v) is 12.1. The predicted molar refractivity (Wildman–Crippen MR) is 76.5 cm³/mol. The van der Waals surface area contributed by atoms with Crippen LogP contribution in [0, 0.1) is 6.92 Å². The second-order valence-electron chi connectivity index (χ2n) is 4.59. The normalized spacial score (nSPS) is 23.1. The molecule has 1 heterocycles. The van der Waals surface area contributed by atoms with Gasteiger partial charge in [-0.1, -0.05) is 6.92 Å². The lowest BCUT2D eigenvalue weighted by molar-refractivity contribution is 0.393. The highest BCUT2D eigenvalue weighted by Gasteiger charge is 2.25. The Morgan fingerprint density at radius 2 is 2.28 bits per heavy atom. The number of aromatic nitrogens is 2. The average Bonchev–Trinajstić information content (AvgIpc) is 2.80. The van der Waals surface area contributed by atoms with E-state index in [9.17, 15) is 0 Å². The zero-order chi connectivity index (χ0) is 13.0. The SMILES string of the molecule is CCSC1CCC(Nc2ncnc(OC)c2C)C1. The van der Waals surface area contributed by atoms with Crippen molar-refractivity contribution in [3.8, 4) is 5.88 Å². The lowest BCUT2D eigenvalue weighted by Crippen LogP contribution is -2.18. The van der Waals surface area contributed by atoms with Crippen molar-refractivity contribution < 1.29 is 4.74 Å². The number of hydrogen-bond acceptors (Lipinski definition) is 5. The standard InChI is InChI=1S/C13H21N3OS/c1-4-18-11-6-5-10(7-11)16-12-9(2)13(17-3)15-8-14-12/h8,10-11H,4-7H2,1-3H3,(H,14,15,16). The van der Waals surface area contributed by atoms with E-state index in [-0.39, 0.29) is 0 Å². The highest BCUT2D eigenvalue weighted by Crippen LogP contribution is 2.32. The van der Waals surface area contributed by atoms with Gasteiger partial charge in [-0.05, 0) is 31.9 Å². The molecule has 100 valence electrons. The molecule has 0 aromatic carbocycles. The summed E-state index contributed by atoms with van der Waals surface area (Å²) in [5.74, 6) is 2.77. The maximum Gasteiger partial charge on any atom is 0.221 e. The van der Waals surface area contributed by atoms with E-state index in [1.807, 2.05) is 6.92 Å². The summed E-state index contributed by atoms with van der Waals surface area (Å²) in [6, 6.07) is 0.535. The monoisotopic (exact) mass is 267 g/mol. The molecule has 0 spiro atoms. The first kappa shape index (κ1) is 13.5. The number of ether oxygens (including phenoxy) is 1. The first-order valence-electron chi connectivity index (χ1n) is 6.48. The minimum atomic E-state index is 0.535. The second-order valence-corrected chi connectivity index (χ2v) is 6.17. The van der Waals surface area contributed by atoms with Crippen molar-refractivity contribution in [1.29, 1.82) is 0 Å². The quantitative estimate of drug-likeness (QED) is 0.889. The number of anilines is 1. The Morgan fingerprint density at radius 1 is 1.44 bits per heavy atom.